The smallest absolute Gasteiger partial charge is 0.281 e. The third-order valence-corrected chi connectivity index (χ3v) is 7.79. The first kappa shape index (κ1) is 18.3. The summed E-state index contributed by atoms with van der Waals surface area (Å²) in [7, 11) is -1.93. The summed E-state index contributed by atoms with van der Waals surface area (Å²) in [5, 5.41) is 4.27. The molecule has 1 aromatic heterocycles. The van der Waals surface area contributed by atoms with Crippen LogP contribution in [0.4, 0.5) is 11.4 Å². The molecular formula is C20H28N4O2S. The van der Waals surface area contributed by atoms with E-state index in [4.69, 9.17) is 0 Å². The zero-order chi connectivity index (χ0) is 19.0. The lowest BCUT2D eigenvalue weighted by Gasteiger charge is -2.38. The summed E-state index contributed by atoms with van der Waals surface area (Å²) in [6.07, 6.45) is 8.22. The van der Waals surface area contributed by atoms with E-state index in [1.54, 1.807) is 17.4 Å². The topological polar surface area (TPSA) is 58.4 Å². The van der Waals surface area contributed by atoms with E-state index < -0.39 is 10.0 Å². The summed E-state index contributed by atoms with van der Waals surface area (Å²) in [5.74, 6) is 0. The SMILES string of the molecule is CCC1CCCCN1c1ccc2c(c1)CCCN2S(=O)(=O)c1ccnn1C. The van der Waals surface area contributed by atoms with Crippen molar-refractivity contribution in [3.8, 4) is 0 Å². The third-order valence-electron chi connectivity index (χ3n) is 5.90. The maximum atomic E-state index is 13.2. The van der Waals surface area contributed by atoms with Gasteiger partial charge in [-0.3, -0.25) is 8.99 Å². The van der Waals surface area contributed by atoms with Crippen LogP contribution in [0.5, 0.6) is 0 Å². The van der Waals surface area contributed by atoms with E-state index in [-0.39, 0.29) is 5.03 Å². The molecule has 3 heterocycles. The van der Waals surface area contributed by atoms with Crippen molar-refractivity contribution >= 4 is 21.4 Å². The predicted octanol–water partition coefficient (Wildman–Crippen LogP) is 3.33. The summed E-state index contributed by atoms with van der Waals surface area (Å²) in [4.78, 5) is 2.51. The van der Waals surface area contributed by atoms with Crippen molar-refractivity contribution in [2.75, 3.05) is 22.3 Å². The Hall–Kier alpha value is -2.02. The van der Waals surface area contributed by atoms with Crippen LogP contribution in [-0.2, 0) is 23.5 Å². The number of sulfonamides is 1. The number of anilines is 2. The monoisotopic (exact) mass is 388 g/mol. The van der Waals surface area contributed by atoms with E-state index in [0.29, 0.717) is 12.6 Å². The van der Waals surface area contributed by atoms with Crippen LogP contribution >= 0.6 is 0 Å². The highest BCUT2D eigenvalue weighted by Gasteiger charge is 2.32. The quantitative estimate of drug-likeness (QED) is 0.806. The average molecular weight is 389 g/mol. The van der Waals surface area contributed by atoms with Gasteiger partial charge < -0.3 is 4.90 Å². The highest BCUT2D eigenvalue weighted by molar-refractivity contribution is 7.92. The standard InChI is InChI=1S/C20H28N4O2S/c1-3-17-8-4-5-13-23(17)18-9-10-19-16(15-18)7-6-14-24(19)27(25,26)20-11-12-21-22(20)2/h9-12,15,17H,3-8,13-14H2,1-2H3. The number of hydrogen-bond donors (Lipinski definition) is 0. The Balaban J connectivity index is 1.69. The van der Waals surface area contributed by atoms with Gasteiger partial charge in [-0.25, -0.2) is 0 Å². The molecule has 27 heavy (non-hydrogen) atoms. The number of fused-ring (bicyclic) bond motifs is 1. The molecule has 0 saturated carbocycles. The fourth-order valence-electron chi connectivity index (χ4n) is 4.47. The summed E-state index contributed by atoms with van der Waals surface area (Å²) in [5.41, 5.74) is 3.18. The molecule has 1 aromatic carbocycles. The van der Waals surface area contributed by atoms with Crippen molar-refractivity contribution in [2.24, 2.45) is 7.05 Å². The minimum atomic E-state index is -3.60. The lowest BCUT2D eigenvalue weighted by Crippen LogP contribution is -2.39. The molecular weight excluding hydrogens is 360 g/mol. The van der Waals surface area contributed by atoms with E-state index in [2.05, 4.69) is 29.1 Å². The van der Waals surface area contributed by atoms with E-state index in [0.717, 1.165) is 37.1 Å². The molecule has 0 spiro atoms. The Bertz CT molecular complexity index is 922. The molecule has 6 nitrogen and oxygen atoms in total. The first-order valence-electron chi connectivity index (χ1n) is 9.92. The van der Waals surface area contributed by atoms with Crippen LogP contribution < -0.4 is 9.21 Å². The van der Waals surface area contributed by atoms with Crippen molar-refractivity contribution in [3.05, 3.63) is 36.0 Å². The summed E-state index contributed by atoms with van der Waals surface area (Å²) < 4.78 is 29.3. The van der Waals surface area contributed by atoms with Crippen molar-refractivity contribution < 1.29 is 8.42 Å². The van der Waals surface area contributed by atoms with E-state index >= 15 is 0 Å². The lowest BCUT2D eigenvalue weighted by atomic mass is 9.97. The van der Waals surface area contributed by atoms with Gasteiger partial charge >= 0.3 is 0 Å². The molecule has 7 heteroatoms. The van der Waals surface area contributed by atoms with Gasteiger partial charge in [0.25, 0.3) is 10.0 Å². The maximum absolute atomic E-state index is 13.2. The molecule has 1 unspecified atom stereocenters. The molecule has 146 valence electrons. The van der Waals surface area contributed by atoms with Crippen molar-refractivity contribution in [1.29, 1.82) is 0 Å². The summed E-state index contributed by atoms with van der Waals surface area (Å²) >= 11 is 0. The van der Waals surface area contributed by atoms with Crippen LogP contribution in [0, 0.1) is 0 Å². The van der Waals surface area contributed by atoms with Gasteiger partial charge in [0.05, 0.1) is 11.9 Å². The van der Waals surface area contributed by atoms with Crippen LogP contribution in [0.25, 0.3) is 0 Å². The molecule has 0 radical (unpaired) electrons. The Morgan fingerprint density at radius 2 is 2.00 bits per heavy atom. The van der Waals surface area contributed by atoms with Crippen molar-refractivity contribution in [3.63, 3.8) is 0 Å². The second kappa shape index (κ2) is 7.19. The van der Waals surface area contributed by atoms with Gasteiger partial charge in [0.1, 0.15) is 0 Å². The zero-order valence-electron chi connectivity index (χ0n) is 16.1. The van der Waals surface area contributed by atoms with Crippen LogP contribution in [0.2, 0.25) is 0 Å². The minimum absolute atomic E-state index is 0.238. The Kier molecular flexibility index (Phi) is 4.88. The highest BCUT2D eigenvalue weighted by Crippen LogP contribution is 2.36. The van der Waals surface area contributed by atoms with E-state index in [1.165, 1.54) is 35.8 Å². The molecule has 1 fully saturated rings. The predicted molar refractivity (Wildman–Crippen MR) is 108 cm³/mol. The number of hydrogen-bond acceptors (Lipinski definition) is 4. The first-order valence-corrected chi connectivity index (χ1v) is 11.4. The zero-order valence-corrected chi connectivity index (χ0v) is 17.0. The van der Waals surface area contributed by atoms with Crippen LogP contribution in [0.3, 0.4) is 0 Å². The van der Waals surface area contributed by atoms with Gasteiger partial charge in [-0.1, -0.05) is 6.92 Å². The van der Waals surface area contributed by atoms with Gasteiger partial charge in [0, 0.05) is 31.9 Å². The first-order chi connectivity index (χ1) is 13.0. The average Bonchev–Trinajstić information content (AvgIpc) is 3.13. The fourth-order valence-corrected chi connectivity index (χ4v) is 6.12. The second-order valence-corrected chi connectivity index (χ2v) is 9.35. The minimum Gasteiger partial charge on any atom is -0.369 e. The van der Waals surface area contributed by atoms with Crippen LogP contribution in [-0.4, -0.2) is 37.3 Å². The number of aromatic nitrogens is 2. The van der Waals surface area contributed by atoms with Crippen LogP contribution in [0.15, 0.2) is 35.5 Å². The van der Waals surface area contributed by atoms with Gasteiger partial charge in [-0.2, -0.15) is 13.5 Å². The highest BCUT2D eigenvalue weighted by atomic mass is 32.2. The Morgan fingerprint density at radius 3 is 2.74 bits per heavy atom. The number of rotatable bonds is 4. The van der Waals surface area contributed by atoms with Gasteiger partial charge in [0.2, 0.25) is 0 Å². The Labute approximate surface area is 161 Å². The van der Waals surface area contributed by atoms with Crippen molar-refractivity contribution in [1.82, 2.24) is 9.78 Å². The van der Waals surface area contributed by atoms with Crippen LogP contribution in [0.1, 0.15) is 44.6 Å². The fraction of sp³-hybridized carbons (Fsp3) is 0.550. The normalized spacial score (nSPS) is 20.6. The Morgan fingerprint density at radius 1 is 1.15 bits per heavy atom. The molecule has 1 atom stereocenters. The largest absolute Gasteiger partial charge is 0.369 e. The molecule has 2 aliphatic rings. The number of piperidine rings is 1. The number of nitrogens with zero attached hydrogens (tertiary/aromatic N) is 4. The molecule has 4 rings (SSSR count). The molecule has 0 N–H and O–H groups in total. The van der Waals surface area contributed by atoms with Gasteiger partial charge in [-0.05, 0) is 68.4 Å². The van der Waals surface area contributed by atoms with Gasteiger partial charge in [-0.15, -0.1) is 0 Å². The molecule has 1 saturated heterocycles. The molecule has 2 aliphatic heterocycles. The van der Waals surface area contributed by atoms with Gasteiger partial charge in [0.15, 0.2) is 5.03 Å². The number of aryl methyl sites for hydroxylation is 2. The molecule has 0 aliphatic carbocycles. The maximum Gasteiger partial charge on any atom is 0.281 e. The van der Waals surface area contributed by atoms with Crippen molar-refractivity contribution in [2.45, 2.75) is 56.5 Å². The summed E-state index contributed by atoms with van der Waals surface area (Å²) in [6.45, 7) is 3.86. The molecule has 2 aromatic rings. The lowest BCUT2D eigenvalue weighted by molar-refractivity contribution is 0.450. The third kappa shape index (κ3) is 3.22. The second-order valence-electron chi connectivity index (χ2n) is 7.54. The van der Waals surface area contributed by atoms with E-state index in [9.17, 15) is 8.42 Å². The molecule has 0 amide bonds. The number of benzene rings is 1. The molecule has 0 bridgehead atoms. The van der Waals surface area contributed by atoms with E-state index in [1.807, 2.05) is 6.07 Å². The summed E-state index contributed by atoms with van der Waals surface area (Å²) in [6, 6.07) is 8.48.